The number of benzene rings is 2. The highest BCUT2D eigenvalue weighted by atomic mass is 16.4. The summed E-state index contributed by atoms with van der Waals surface area (Å²) in [6.07, 6.45) is -0.0262. The largest absolute Gasteiger partial charge is 0.481 e. The number of carbonyl (C=O) groups is 1. The third-order valence-corrected chi connectivity index (χ3v) is 3.59. The molecule has 4 nitrogen and oxygen atoms in total. The summed E-state index contributed by atoms with van der Waals surface area (Å²) in [5.74, 6) is -0.801. The van der Waals surface area contributed by atoms with Crippen molar-refractivity contribution in [2.24, 2.45) is 0 Å². The van der Waals surface area contributed by atoms with Gasteiger partial charge in [-0.25, -0.2) is 0 Å². The number of aliphatic carboxylic acids is 1. The molecule has 1 heterocycles. The Hall–Kier alpha value is -2.07. The molecule has 3 rings (SSSR count). The molecule has 2 aromatic carbocycles. The molecular formula is C15H15NO3. The Bertz CT molecular complexity index is 633. The highest BCUT2D eigenvalue weighted by molar-refractivity contribution is 6.00. The quantitative estimate of drug-likeness (QED) is 0.883. The molecule has 0 spiro atoms. The molecular weight excluding hydrogens is 242 g/mol. The zero-order chi connectivity index (χ0) is 13.4. The molecule has 0 amide bonds. The molecule has 0 aliphatic carbocycles. The maximum atomic E-state index is 10.6. The summed E-state index contributed by atoms with van der Waals surface area (Å²) in [6.45, 7) is 0.543. The molecule has 0 saturated carbocycles. The van der Waals surface area contributed by atoms with Crippen molar-refractivity contribution in [2.75, 3.05) is 11.4 Å². The number of hydrogen-bond acceptors (Lipinski definition) is 3. The van der Waals surface area contributed by atoms with Crippen molar-refractivity contribution >= 4 is 22.4 Å². The lowest BCUT2D eigenvalue weighted by Gasteiger charge is -2.24. The number of carboxylic acids is 1. The van der Waals surface area contributed by atoms with E-state index in [2.05, 4.69) is 0 Å². The minimum absolute atomic E-state index is 0.121. The van der Waals surface area contributed by atoms with Crippen LogP contribution in [0.25, 0.3) is 10.8 Å². The molecule has 1 aliphatic rings. The van der Waals surface area contributed by atoms with E-state index in [-0.39, 0.29) is 6.42 Å². The number of nitrogens with zero attached hydrogens (tertiary/aromatic N) is 1. The van der Waals surface area contributed by atoms with Crippen LogP contribution in [0, 0.1) is 0 Å². The lowest BCUT2D eigenvalue weighted by Crippen LogP contribution is -2.26. The number of hydrogen-bond donors (Lipinski definition) is 2. The number of aliphatic hydroxyl groups is 1. The van der Waals surface area contributed by atoms with Crippen molar-refractivity contribution < 1.29 is 15.0 Å². The SMILES string of the molecule is O=C(O)CCCN1c2cccc3cccc(c23)C1O. The molecule has 4 heteroatoms. The molecule has 98 valence electrons. The Morgan fingerprint density at radius 2 is 1.95 bits per heavy atom. The smallest absolute Gasteiger partial charge is 0.303 e. The van der Waals surface area contributed by atoms with Crippen LogP contribution in [0.15, 0.2) is 36.4 Å². The van der Waals surface area contributed by atoms with Gasteiger partial charge >= 0.3 is 5.97 Å². The average Bonchev–Trinajstić information content (AvgIpc) is 2.67. The fourth-order valence-electron chi connectivity index (χ4n) is 2.75. The first-order valence-electron chi connectivity index (χ1n) is 6.36. The normalized spacial score (nSPS) is 17.1. The number of carboxylic acid groups (broad SMARTS) is 1. The summed E-state index contributed by atoms with van der Waals surface area (Å²) < 4.78 is 0. The van der Waals surface area contributed by atoms with Crippen LogP contribution in [-0.2, 0) is 4.79 Å². The molecule has 2 aromatic rings. The van der Waals surface area contributed by atoms with Gasteiger partial charge in [-0.2, -0.15) is 0 Å². The topological polar surface area (TPSA) is 60.8 Å². The monoisotopic (exact) mass is 257 g/mol. The van der Waals surface area contributed by atoms with Gasteiger partial charge in [-0.05, 0) is 17.9 Å². The van der Waals surface area contributed by atoms with Gasteiger partial charge in [-0.3, -0.25) is 4.79 Å². The molecule has 0 bridgehead atoms. The van der Waals surface area contributed by atoms with Gasteiger partial charge in [0.25, 0.3) is 0 Å². The average molecular weight is 257 g/mol. The summed E-state index contributed by atoms with van der Waals surface area (Å²) in [5.41, 5.74) is 1.90. The van der Waals surface area contributed by atoms with E-state index in [1.54, 1.807) is 0 Å². The van der Waals surface area contributed by atoms with E-state index in [1.165, 1.54) is 0 Å². The van der Waals surface area contributed by atoms with Crippen LogP contribution < -0.4 is 4.90 Å². The van der Waals surface area contributed by atoms with Gasteiger partial charge in [0.1, 0.15) is 0 Å². The van der Waals surface area contributed by atoms with Gasteiger partial charge < -0.3 is 15.1 Å². The Labute approximate surface area is 110 Å². The summed E-state index contributed by atoms with van der Waals surface area (Å²) in [6, 6.07) is 11.8. The lowest BCUT2D eigenvalue weighted by atomic mass is 10.1. The van der Waals surface area contributed by atoms with Crippen molar-refractivity contribution in [1.29, 1.82) is 0 Å². The maximum absolute atomic E-state index is 10.6. The lowest BCUT2D eigenvalue weighted by molar-refractivity contribution is -0.137. The molecule has 0 aromatic heterocycles. The minimum atomic E-state index is -0.801. The van der Waals surface area contributed by atoms with Gasteiger partial charge in [-0.15, -0.1) is 0 Å². The Kier molecular flexibility index (Phi) is 2.87. The number of rotatable bonds is 4. The molecule has 19 heavy (non-hydrogen) atoms. The predicted molar refractivity (Wildman–Crippen MR) is 73.1 cm³/mol. The van der Waals surface area contributed by atoms with Crippen LogP contribution in [0.5, 0.6) is 0 Å². The van der Waals surface area contributed by atoms with E-state index < -0.39 is 12.2 Å². The molecule has 0 radical (unpaired) electrons. The fraction of sp³-hybridized carbons (Fsp3) is 0.267. The van der Waals surface area contributed by atoms with Crippen molar-refractivity contribution in [3.8, 4) is 0 Å². The van der Waals surface area contributed by atoms with Crippen LogP contribution in [-0.4, -0.2) is 22.7 Å². The van der Waals surface area contributed by atoms with Crippen molar-refractivity contribution in [3.05, 3.63) is 42.0 Å². The maximum Gasteiger partial charge on any atom is 0.303 e. The first-order valence-corrected chi connectivity index (χ1v) is 6.36. The van der Waals surface area contributed by atoms with Gasteiger partial charge in [0.2, 0.25) is 0 Å². The molecule has 1 aliphatic heterocycles. The van der Waals surface area contributed by atoms with Crippen molar-refractivity contribution in [1.82, 2.24) is 0 Å². The summed E-state index contributed by atoms with van der Waals surface area (Å²) >= 11 is 0. The second-order valence-electron chi connectivity index (χ2n) is 4.79. The van der Waals surface area contributed by atoms with Crippen LogP contribution in [0.1, 0.15) is 24.6 Å². The third-order valence-electron chi connectivity index (χ3n) is 3.59. The number of anilines is 1. The van der Waals surface area contributed by atoms with Crippen molar-refractivity contribution in [3.63, 3.8) is 0 Å². The van der Waals surface area contributed by atoms with E-state index in [4.69, 9.17) is 5.11 Å². The Morgan fingerprint density at radius 3 is 2.68 bits per heavy atom. The van der Waals surface area contributed by atoms with E-state index in [0.29, 0.717) is 13.0 Å². The predicted octanol–water partition coefficient (Wildman–Crippen LogP) is 2.52. The van der Waals surface area contributed by atoms with E-state index in [9.17, 15) is 9.90 Å². The zero-order valence-corrected chi connectivity index (χ0v) is 10.4. The van der Waals surface area contributed by atoms with Crippen LogP contribution in [0.4, 0.5) is 5.69 Å². The second-order valence-corrected chi connectivity index (χ2v) is 4.79. The highest BCUT2D eigenvalue weighted by Gasteiger charge is 2.29. The first-order chi connectivity index (χ1) is 9.18. The number of aliphatic hydroxyl groups excluding tert-OH is 1. The van der Waals surface area contributed by atoms with Gasteiger partial charge in [0.15, 0.2) is 6.23 Å². The summed E-state index contributed by atoms with van der Waals surface area (Å²) in [4.78, 5) is 12.5. The summed E-state index contributed by atoms with van der Waals surface area (Å²) in [7, 11) is 0. The van der Waals surface area contributed by atoms with E-state index >= 15 is 0 Å². The molecule has 1 unspecified atom stereocenters. The molecule has 0 saturated heterocycles. The van der Waals surface area contributed by atoms with Gasteiger partial charge in [-0.1, -0.05) is 30.3 Å². The molecule has 0 fully saturated rings. The highest BCUT2D eigenvalue weighted by Crippen LogP contribution is 2.42. The molecule has 2 N–H and O–H groups in total. The molecule has 1 atom stereocenters. The Morgan fingerprint density at radius 1 is 1.21 bits per heavy atom. The van der Waals surface area contributed by atoms with Crippen LogP contribution >= 0.6 is 0 Å². The zero-order valence-electron chi connectivity index (χ0n) is 10.4. The summed E-state index contributed by atoms with van der Waals surface area (Å²) in [5, 5.41) is 21.3. The van der Waals surface area contributed by atoms with Crippen LogP contribution in [0.3, 0.4) is 0 Å². The van der Waals surface area contributed by atoms with Gasteiger partial charge in [0.05, 0.1) is 0 Å². The fourth-order valence-corrected chi connectivity index (χ4v) is 2.75. The third kappa shape index (κ3) is 1.94. The van der Waals surface area contributed by atoms with Crippen LogP contribution in [0.2, 0.25) is 0 Å². The van der Waals surface area contributed by atoms with Crippen molar-refractivity contribution in [2.45, 2.75) is 19.1 Å². The first kappa shape index (κ1) is 12.0. The van der Waals surface area contributed by atoms with Gasteiger partial charge in [0, 0.05) is 29.6 Å². The Balaban J connectivity index is 1.94. The standard InChI is InChI=1S/C15H15NO3/c17-13(18)8-3-9-16-12-7-2-5-10-4-1-6-11(14(10)12)15(16)19/h1-2,4-7,15,19H,3,8-9H2,(H,17,18). The minimum Gasteiger partial charge on any atom is -0.481 e. The van der Waals surface area contributed by atoms with E-state index in [1.807, 2.05) is 41.3 Å². The second kappa shape index (κ2) is 4.55. The van der Waals surface area contributed by atoms with E-state index in [0.717, 1.165) is 22.0 Å².